The summed E-state index contributed by atoms with van der Waals surface area (Å²) in [6.45, 7) is 0.376. The van der Waals surface area contributed by atoms with E-state index in [-0.39, 0.29) is 18.8 Å². The summed E-state index contributed by atoms with van der Waals surface area (Å²) >= 11 is 0. The fourth-order valence-electron chi connectivity index (χ4n) is 1.54. The zero-order valence-electron chi connectivity index (χ0n) is 12.2. The van der Waals surface area contributed by atoms with E-state index in [0.29, 0.717) is 17.1 Å². The maximum atomic E-state index is 11.7. The van der Waals surface area contributed by atoms with Crippen molar-refractivity contribution in [3.05, 3.63) is 29.3 Å². The van der Waals surface area contributed by atoms with Crippen molar-refractivity contribution in [1.82, 2.24) is 0 Å². The number of benzene rings is 1. The molecule has 0 atom stereocenters. The first kappa shape index (κ1) is 16.5. The minimum absolute atomic E-state index is 0.0975. The van der Waals surface area contributed by atoms with Crippen LogP contribution >= 0.6 is 0 Å². The van der Waals surface area contributed by atoms with Gasteiger partial charge in [-0.05, 0) is 23.8 Å². The third-order valence-corrected chi connectivity index (χ3v) is 2.58. The molecule has 0 aromatic heterocycles. The summed E-state index contributed by atoms with van der Waals surface area (Å²) in [6.07, 6.45) is 1.43. The highest BCUT2D eigenvalue weighted by atomic mass is 16.6. The predicted molar refractivity (Wildman–Crippen MR) is 76.0 cm³/mol. The lowest BCUT2D eigenvalue weighted by molar-refractivity contribution is -0.139. The highest BCUT2D eigenvalue weighted by Gasteiger charge is 2.11. The normalized spacial score (nSPS) is 10.7. The van der Waals surface area contributed by atoms with E-state index in [1.807, 2.05) is 6.07 Å². The van der Waals surface area contributed by atoms with Crippen molar-refractivity contribution in [3.8, 4) is 17.6 Å². The highest BCUT2D eigenvalue weighted by molar-refractivity contribution is 5.97. The molecule has 0 saturated heterocycles. The number of methoxy groups -OCH3 is 3. The molecule has 0 aliphatic carbocycles. The Bertz CT molecular complexity index is 560. The molecular formula is C15H17NO5. The molecule has 112 valence electrons. The fourth-order valence-corrected chi connectivity index (χ4v) is 1.54. The minimum atomic E-state index is -0.690. The first-order chi connectivity index (χ1) is 10.2. The van der Waals surface area contributed by atoms with Crippen molar-refractivity contribution >= 4 is 12.0 Å². The van der Waals surface area contributed by atoms with Crippen LogP contribution in [0.3, 0.4) is 0 Å². The number of carbonyl (C=O) groups excluding carboxylic acids is 1. The van der Waals surface area contributed by atoms with Gasteiger partial charge in [-0.15, -0.1) is 0 Å². The van der Waals surface area contributed by atoms with Crippen LogP contribution < -0.4 is 9.47 Å². The van der Waals surface area contributed by atoms with E-state index in [2.05, 4.69) is 0 Å². The second-order valence-corrected chi connectivity index (χ2v) is 3.91. The maximum absolute atomic E-state index is 11.7. The van der Waals surface area contributed by atoms with Crippen LogP contribution in [0.4, 0.5) is 0 Å². The largest absolute Gasteiger partial charge is 0.493 e. The van der Waals surface area contributed by atoms with Crippen molar-refractivity contribution in [3.63, 3.8) is 0 Å². The molecule has 0 fully saturated rings. The summed E-state index contributed by atoms with van der Waals surface area (Å²) in [5.74, 6) is 0.386. The van der Waals surface area contributed by atoms with E-state index in [0.717, 1.165) is 0 Å². The van der Waals surface area contributed by atoms with Gasteiger partial charge in [-0.3, -0.25) is 0 Å². The summed E-state index contributed by atoms with van der Waals surface area (Å²) < 4.78 is 19.9. The summed E-state index contributed by atoms with van der Waals surface area (Å²) in [6, 6.07) is 6.88. The molecule has 0 spiro atoms. The van der Waals surface area contributed by atoms with Gasteiger partial charge in [0.1, 0.15) is 18.2 Å². The number of carbonyl (C=O) groups is 1. The Morgan fingerprint density at radius 2 is 1.90 bits per heavy atom. The van der Waals surface area contributed by atoms with E-state index in [1.54, 1.807) is 18.2 Å². The molecule has 0 N–H and O–H groups in total. The van der Waals surface area contributed by atoms with Gasteiger partial charge in [-0.2, -0.15) is 5.26 Å². The Balaban J connectivity index is 2.93. The molecule has 0 bridgehead atoms. The molecule has 1 aromatic rings. The monoisotopic (exact) mass is 291 g/mol. The van der Waals surface area contributed by atoms with Crippen molar-refractivity contribution in [2.24, 2.45) is 0 Å². The first-order valence-electron chi connectivity index (χ1n) is 6.16. The van der Waals surface area contributed by atoms with Crippen molar-refractivity contribution < 1.29 is 23.7 Å². The van der Waals surface area contributed by atoms with Crippen LogP contribution in [-0.2, 0) is 14.3 Å². The predicted octanol–water partition coefficient (Wildman–Crippen LogP) is 1.80. The topological polar surface area (TPSA) is 77.8 Å². The van der Waals surface area contributed by atoms with Gasteiger partial charge in [0.2, 0.25) is 0 Å². The first-order valence-corrected chi connectivity index (χ1v) is 6.16. The van der Waals surface area contributed by atoms with Gasteiger partial charge in [0.15, 0.2) is 11.5 Å². The fraction of sp³-hybridized carbons (Fsp3) is 0.333. The minimum Gasteiger partial charge on any atom is -0.493 e. The number of hydrogen-bond acceptors (Lipinski definition) is 6. The molecule has 0 saturated carbocycles. The molecular weight excluding hydrogens is 274 g/mol. The Labute approximate surface area is 123 Å². The number of esters is 1. The van der Waals surface area contributed by atoms with Gasteiger partial charge in [-0.25, -0.2) is 4.79 Å². The number of rotatable bonds is 7. The van der Waals surface area contributed by atoms with Crippen molar-refractivity contribution in [2.75, 3.05) is 34.5 Å². The van der Waals surface area contributed by atoms with Gasteiger partial charge in [0, 0.05) is 7.11 Å². The Morgan fingerprint density at radius 1 is 1.19 bits per heavy atom. The molecule has 6 heteroatoms. The van der Waals surface area contributed by atoms with Gasteiger partial charge >= 0.3 is 5.97 Å². The van der Waals surface area contributed by atoms with Gasteiger partial charge in [-0.1, -0.05) is 6.07 Å². The second kappa shape index (κ2) is 8.61. The standard InChI is InChI=1S/C15H17NO5/c1-18-6-7-21-15(17)12(10-16)8-11-4-5-13(19-2)14(9-11)20-3/h4-5,8-9H,6-7H2,1-3H3/b12-8+. The zero-order valence-corrected chi connectivity index (χ0v) is 12.2. The van der Waals surface area contributed by atoms with E-state index in [4.69, 9.17) is 24.2 Å². The Hall–Kier alpha value is -2.52. The van der Waals surface area contributed by atoms with Crippen LogP contribution in [0.2, 0.25) is 0 Å². The van der Waals surface area contributed by atoms with Crippen LogP contribution in [-0.4, -0.2) is 40.5 Å². The molecule has 0 unspecified atom stereocenters. The Kier molecular flexibility index (Phi) is 6.78. The Morgan fingerprint density at radius 3 is 2.48 bits per heavy atom. The lowest BCUT2D eigenvalue weighted by Crippen LogP contribution is -2.11. The highest BCUT2D eigenvalue weighted by Crippen LogP contribution is 2.28. The molecule has 21 heavy (non-hydrogen) atoms. The van der Waals surface area contributed by atoms with Crippen molar-refractivity contribution in [1.29, 1.82) is 5.26 Å². The lowest BCUT2D eigenvalue weighted by Gasteiger charge is -2.08. The molecule has 0 heterocycles. The molecule has 1 rings (SSSR count). The molecule has 1 aromatic carbocycles. The number of nitrogens with zero attached hydrogens (tertiary/aromatic N) is 1. The smallest absolute Gasteiger partial charge is 0.348 e. The molecule has 0 radical (unpaired) electrons. The van der Waals surface area contributed by atoms with E-state index < -0.39 is 5.97 Å². The molecule has 0 aliphatic rings. The van der Waals surface area contributed by atoms with Crippen molar-refractivity contribution in [2.45, 2.75) is 0 Å². The SMILES string of the molecule is COCCOC(=O)/C(C#N)=C/c1ccc(OC)c(OC)c1. The average molecular weight is 291 g/mol. The average Bonchev–Trinajstić information content (AvgIpc) is 2.52. The van der Waals surface area contributed by atoms with Crippen LogP contribution in [0, 0.1) is 11.3 Å². The van der Waals surface area contributed by atoms with E-state index >= 15 is 0 Å². The number of nitriles is 1. The number of hydrogen-bond donors (Lipinski definition) is 0. The third kappa shape index (κ3) is 4.82. The lowest BCUT2D eigenvalue weighted by atomic mass is 10.1. The van der Waals surface area contributed by atoms with Gasteiger partial charge < -0.3 is 18.9 Å². The molecule has 6 nitrogen and oxygen atoms in total. The zero-order chi connectivity index (χ0) is 15.7. The van der Waals surface area contributed by atoms with Crippen LogP contribution in [0.25, 0.3) is 6.08 Å². The van der Waals surface area contributed by atoms with Crippen LogP contribution in [0.15, 0.2) is 23.8 Å². The quantitative estimate of drug-likeness (QED) is 0.330. The summed E-state index contributed by atoms with van der Waals surface area (Å²) in [5, 5.41) is 9.04. The van der Waals surface area contributed by atoms with E-state index in [9.17, 15) is 4.79 Å². The van der Waals surface area contributed by atoms with E-state index in [1.165, 1.54) is 27.4 Å². The summed E-state index contributed by atoms with van der Waals surface area (Å²) in [4.78, 5) is 11.7. The summed E-state index contributed by atoms with van der Waals surface area (Å²) in [5.41, 5.74) is 0.534. The molecule has 0 aliphatic heterocycles. The van der Waals surface area contributed by atoms with Gasteiger partial charge in [0.25, 0.3) is 0 Å². The molecule has 0 amide bonds. The van der Waals surface area contributed by atoms with Crippen LogP contribution in [0.1, 0.15) is 5.56 Å². The second-order valence-electron chi connectivity index (χ2n) is 3.91. The third-order valence-electron chi connectivity index (χ3n) is 2.58. The number of ether oxygens (including phenoxy) is 4. The maximum Gasteiger partial charge on any atom is 0.348 e. The summed E-state index contributed by atoms with van der Waals surface area (Å²) in [7, 11) is 4.54. The van der Waals surface area contributed by atoms with Crippen LogP contribution in [0.5, 0.6) is 11.5 Å². The van der Waals surface area contributed by atoms with Gasteiger partial charge in [0.05, 0.1) is 20.8 Å².